The fourth-order valence-corrected chi connectivity index (χ4v) is 18.6. The van der Waals surface area contributed by atoms with Gasteiger partial charge in [0.1, 0.15) is 0 Å². The molecule has 0 aliphatic heterocycles. The molecule has 0 N–H and O–H groups in total. The van der Waals surface area contributed by atoms with Gasteiger partial charge in [0.25, 0.3) is 0 Å². The molecule has 0 heteroatoms. The van der Waals surface area contributed by atoms with Crippen molar-refractivity contribution in [2.75, 3.05) is 0 Å². The van der Waals surface area contributed by atoms with Crippen LogP contribution in [0.4, 0.5) is 0 Å². The minimum absolute atomic E-state index is 0.488. The van der Waals surface area contributed by atoms with Crippen LogP contribution in [0.25, 0.3) is 0 Å². The average Bonchev–Trinajstić information content (AvgIpc) is 3.64. The van der Waals surface area contributed by atoms with Crippen molar-refractivity contribution in [2.24, 2.45) is 121 Å². The van der Waals surface area contributed by atoms with Crippen LogP contribution >= 0.6 is 0 Å². The third-order valence-electron chi connectivity index (χ3n) is 21.6. The zero-order valence-electron chi connectivity index (χ0n) is 34.0. The highest BCUT2D eigenvalue weighted by Crippen LogP contribution is 2.74. The van der Waals surface area contributed by atoms with E-state index in [0.717, 1.165) is 88.8 Å². The molecule has 0 aromatic carbocycles. The van der Waals surface area contributed by atoms with E-state index in [1.807, 2.05) is 0 Å². The molecule has 0 amide bonds. The van der Waals surface area contributed by atoms with E-state index in [4.69, 9.17) is 0 Å². The van der Waals surface area contributed by atoms with Gasteiger partial charge in [-0.3, -0.25) is 0 Å². The molecule has 4 bridgehead atoms. The van der Waals surface area contributed by atoms with E-state index in [1.54, 1.807) is 77.0 Å². The second kappa shape index (κ2) is 10.6. The molecule has 10 aliphatic rings. The molecule has 10 unspecified atom stereocenters. The maximum absolute atomic E-state index is 2.90. The summed E-state index contributed by atoms with van der Waals surface area (Å²) < 4.78 is 0. The maximum Gasteiger partial charge on any atom is -0.0240 e. The predicted octanol–water partition coefficient (Wildman–Crippen LogP) is 13.7. The zero-order chi connectivity index (χ0) is 34.0. The minimum Gasteiger partial charge on any atom is -0.0596 e. The highest BCUT2D eigenvalue weighted by molar-refractivity contribution is 5.15. The summed E-state index contributed by atoms with van der Waals surface area (Å²) in [5.74, 6) is 15.1. The molecule has 272 valence electrons. The van der Waals surface area contributed by atoms with Crippen LogP contribution in [0, 0.1) is 121 Å². The molecule has 10 fully saturated rings. The highest BCUT2D eigenvalue weighted by Gasteiger charge is 2.67. The maximum atomic E-state index is 2.90. The standard InChI is InChI=1S/C48H80/c1-43(2)14-16-45(5,6)40-26-36-34(24-38(40)43)35-25-39-41(46(7,8)17-15-44(39,3)4)27-37(35)42(36)47(9,10)30-12-13-31(23-30)48(11)32-19-28-18-29(21-32)22-33(48)20-28/h28-42H,12-27H2,1-11H3. The first kappa shape index (κ1) is 33.8. The van der Waals surface area contributed by atoms with E-state index < -0.39 is 0 Å². The topological polar surface area (TPSA) is 0 Å². The second-order valence-corrected chi connectivity index (χ2v) is 25.2. The SMILES string of the molecule is CC1(C)CCC(C)(C)C2CC3C(CC21)C1CC2C(CC1C3C(C)(C)C1CCC(C3(C)C4CC5CC(C4)CC3C5)C1)C(C)(C)CCC2(C)C. The summed E-state index contributed by atoms with van der Waals surface area (Å²) >= 11 is 0. The van der Waals surface area contributed by atoms with E-state index in [0.29, 0.717) is 32.5 Å². The van der Waals surface area contributed by atoms with Gasteiger partial charge in [-0.15, -0.1) is 0 Å². The Morgan fingerprint density at radius 2 is 0.771 bits per heavy atom. The molecule has 0 heterocycles. The summed E-state index contributed by atoms with van der Waals surface area (Å²) in [5, 5.41) is 0. The Labute approximate surface area is 299 Å². The van der Waals surface area contributed by atoms with Gasteiger partial charge in [0, 0.05) is 0 Å². The Balaban J connectivity index is 1.06. The van der Waals surface area contributed by atoms with Crippen LogP contribution in [0.5, 0.6) is 0 Å². The summed E-state index contributed by atoms with van der Waals surface area (Å²) in [7, 11) is 0. The van der Waals surface area contributed by atoms with Crippen molar-refractivity contribution in [3.8, 4) is 0 Å². The lowest BCUT2D eigenvalue weighted by atomic mass is 9.42. The molecule has 0 aromatic heterocycles. The van der Waals surface area contributed by atoms with Gasteiger partial charge in [0.15, 0.2) is 0 Å². The van der Waals surface area contributed by atoms with E-state index >= 15 is 0 Å². The van der Waals surface area contributed by atoms with Crippen molar-refractivity contribution >= 4 is 0 Å². The third kappa shape index (κ3) is 4.69. The van der Waals surface area contributed by atoms with Gasteiger partial charge in [-0.2, -0.15) is 0 Å². The highest BCUT2D eigenvalue weighted by atomic mass is 14.7. The largest absolute Gasteiger partial charge is 0.0596 e. The first-order valence-corrected chi connectivity index (χ1v) is 22.3. The van der Waals surface area contributed by atoms with Crippen molar-refractivity contribution < 1.29 is 0 Å². The number of rotatable bonds is 3. The van der Waals surface area contributed by atoms with Gasteiger partial charge in [0.05, 0.1) is 0 Å². The van der Waals surface area contributed by atoms with E-state index in [2.05, 4.69) is 76.2 Å². The monoisotopic (exact) mass is 657 g/mol. The van der Waals surface area contributed by atoms with Crippen LogP contribution in [0.1, 0.15) is 179 Å². The minimum atomic E-state index is 0.488. The lowest BCUT2D eigenvalue weighted by Crippen LogP contribution is -2.54. The van der Waals surface area contributed by atoms with Crippen LogP contribution in [0.3, 0.4) is 0 Å². The third-order valence-corrected chi connectivity index (χ3v) is 21.6. The second-order valence-electron chi connectivity index (χ2n) is 25.2. The summed E-state index contributed by atoms with van der Waals surface area (Å²) in [5.41, 5.74) is 3.27. The van der Waals surface area contributed by atoms with Crippen molar-refractivity contribution in [3.05, 3.63) is 0 Å². The fourth-order valence-electron chi connectivity index (χ4n) is 18.6. The normalized spacial score (nSPS) is 55.4. The first-order valence-electron chi connectivity index (χ1n) is 22.3. The molecule has 10 rings (SSSR count). The predicted molar refractivity (Wildman–Crippen MR) is 203 cm³/mol. The zero-order valence-corrected chi connectivity index (χ0v) is 34.0. The molecule has 0 spiro atoms. The van der Waals surface area contributed by atoms with Crippen LogP contribution in [-0.4, -0.2) is 0 Å². The van der Waals surface area contributed by atoms with Crippen LogP contribution < -0.4 is 0 Å². The number of hydrogen-bond donors (Lipinski definition) is 0. The van der Waals surface area contributed by atoms with Crippen LogP contribution in [-0.2, 0) is 0 Å². The van der Waals surface area contributed by atoms with Crippen molar-refractivity contribution in [3.63, 3.8) is 0 Å². The molecule has 0 aromatic rings. The quantitative estimate of drug-likeness (QED) is 0.284. The Morgan fingerprint density at radius 1 is 0.396 bits per heavy atom. The van der Waals surface area contributed by atoms with Gasteiger partial charge >= 0.3 is 0 Å². The lowest BCUT2D eigenvalue weighted by Gasteiger charge is -2.62. The molecule has 10 saturated carbocycles. The Hall–Kier alpha value is 0. The van der Waals surface area contributed by atoms with E-state index in [9.17, 15) is 0 Å². The molecular weight excluding hydrogens is 577 g/mol. The van der Waals surface area contributed by atoms with Gasteiger partial charge in [-0.05, 0) is 224 Å². The summed E-state index contributed by atoms with van der Waals surface area (Å²) in [4.78, 5) is 0. The molecule has 10 atom stereocenters. The smallest absolute Gasteiger partial charge is 0.0240 e. The van der Waals surface area contributed by atoms with Crippen molar-refractivity contribution in [1.82, 2.24) is 0 Å². The van der Waals surface area contributed by atoms with Crippen LogP contribution in [0.15, 0.2) is 0 Å². The summed E-state index contributed by atoms with van der Waals surface area (Å²) in [6, 6.07) is 0. The van der Waals surface area contributed by atoms with E-state index in [1.165, 1.54) is 25.7 Å². The molecule has 10 aliphatic carbocycles. The molecule has 0 radical (unpaired) electrons. The Kier molecular flexibility index (Phi) is 7.45. The average molecular weight is 657 g/mol. The fraction of sp³-hybridized carbons (Fsp3) is 1.00. The van der Waals surface area contributed by atoms with Gasteiger partial charge < -0.3 is 0 Å². The van der Waals surface area contributed by atoms with Gasteiger partial charge in [0.2, 0.25) is 0 Å². The lowest BCUT2D eigenvalue weighted by molar-refractivity contribution is -0.131. The molecule has 48 heavy (non-hydrogen) atoms. The van der Waals surface area contributed by atoms with E-state index in [-0.39, 0.29) is 0 Å². The number of fused-ring (bicyclic) bond motifs is 5. The Bertz CT molecular complexity index is 1170. The summed E-state index contributed by atoms with van der Waals surface area (Å²) in [6.07, 6.45) is 24.9. The first-order chi connectivity index (χ1) is 22.3. The molecule has 0 nitrogen and oxygen atoms in total. The molecular formula is C48H80. The van der Waals surface area contributed by atoms with Gasteiger partial charge in [-0.1, -0.05) is 76.2 Å². The Morgan fingerprint density at radius 3 is 1.17 bits per heavy atom. The van der Waals surface area contributed by atoms with Crippen LogP contribution in [0.2, 0.25) is 0 Å². The molecule has 0 saturated heterocycles. The van der Waals surface area contributed by atoms with Crippen molar-refractivity contribution in [2.45, 2.75) is 179 Å². The van der Waals surface area contributed by atoms with Crippen molar-refractivity contribution in [1.29, 1.82) is 0 Å². The summed E-state index contributed by atoms with van der Waals surface area (Å²) in [6.45, 7) is 30.3. The number of hydrogen-bond acceptors (Lipinski definition) is 0. The van der Waals surface area contributed by atoms with Gasteiger partial charge in [-0.25, -0.2) is 0 Å².